The van der Waals surface area contributed by atoms with Gasteiger partial charge in [-0.15, -0.1) is 10.2 Å². The van der Waals surface area contributed by atoms with Gasteiger partial charge in [-0.3, -0.25) is 4.98 Å². The zero-order chi connectivity index (χ0) is 18.6. The number of hydrogen-bond acceptors (Lipinski definition) is 4. The monoisotopic (exact) mass is 353 g/mol. The molecule has 0 amide bonds. The Morgan fingerprint density at radius 1 is 0.741 bits per heavy atom. The first-order valence-electron chi connectivity index (χ1n) is 8.77. The number of hydrogen-bond donors (Lipinski definition) is 0. The lowest BCUT2D eigenvalue weighted by molar-refractivity contribution is 0.394. The van der Waals surface area contributed by atoms with Crippen LogP contribution in [0.1, 0.15) is 5.56 Å². The van der Waals surface area contributed by atoms with Crippen LogP contribution in [0.5, 0.6) is 5.88 Å². The minimum absolute atomic E-state index is 0.463. The van der Waals surface area contributed by atoms with Gasteiger partial charge < -0.3 is 4.74 Å². The Morgan fingerprint density at radius 2 is 1.48 bits per heavy atom. The summed E-state index contributed by atoms with van der Waals surface area (Å²) < 4.78 is 5.57. The molecule has 0 bridgehead atoms. The maximum absolute atomic E-state index is 5.57. The molecule has 27 heavy (non-hydrogen) atoms. The van der Waals surface area contributed by atoms with Gasteiger partial charge in [-0.2, -0.15) is 0 Å². The number of aryl methyl sites for hydroxylation is 1. The molecular formula is C23H19N3O. The van der Waals surface area contributed by atoms with E-state index in [0.717, 1.165) is 39.2 Å². The molecule has 0 saturated carbocycles. The molecule has 132 valence electrons. The molecule has 4 rings (SSSR count). The van der Waals surface area contributed by atoms with Gasteiger partial charge in [0.1, 0.15) is 5.69 Å². The van der Waals surface area contributed by atoms with Gasteiger partial charge in [0.2, 0.25) is 5.88 Å². The van der Waals surface area contributed by atoms with Gasteiger partial charge in [0.25, 0.3) is 0 Å². The van der Waals surface area contributed by atoms with Crippen LogP contribution < -0.4 is 4.74 Å². The zero-order valence-electron chi connectivity index (χ0n) is 15.3. The Hall–Kier alpha value is -3.53. The minimum atomic E-state index is 0.463. The van der Waals surface area contributed by atoms with E-state index in [2.05, 4.69) is 46.4 Å². The quantitative estimate of drug-likeness (QED) is 0.506. The predicted octanol–water partition coefficient (Wildman–Crippen LogP) is 5.19. The molecule has 0 radical (unpaired) electrons. The number of benzene rings is 2. The molecule has 0 unspecified atom stereocenters. The Balaban J connectivity index is 2.11. The van der Waals surface area contributed by atoms with Crippen LogP contribution in [0.4, 0.5) is 0 Å². The molecule has 0 N–H and O–H groups in total. The number of aromatic nitrogens is 3. The fourth-order valence-electron chi connectivity index (χ4n) is 3.22. The van der Waals surface area contributed by atoms with Crippen LogP contribution in [-0.2, 0) is 0 Å². The van der Waals surface area contributed by atoms with Crippen molar-refractivity contribution in [1.82, 2.24) is 15.2 Å². The highest BCUT2D eigenvalue weighted by atomic mass is 16.5. The highest BCUT2D eigenvalue weighted by molar-refractivity contribution is 5.94. The first kappa shape index (κ1) is 16.9. The van der Waals surface area contributed by atoms with Crippen LogP contribution in [0, 0.1) is 6.92 Å². The summed E-state index contributed by atoms with van der Waals surface area (Å²) in [6.45, 7) is 2.08. The molecule has 0 spiro atoms. The van der Waals surface area contributed by atoms with Crippen molar-refractivity contribution < 1.29 is 4.74 Å². The Labute approximate surface area is 158 Å². The summed E-state index contributed by atoms with van der Waals surface area (Å²) >= 11 is 0. The van der Waals surface area contributed by atoms with Crippen molar-refractivity contribution in [3.63, 3.8) is 0 Å². The molecule has 4 aromatic rings. The highest BCUT2D eigenvalue weighted by Crippen LogP contribution is 2.42. The lowest BCUT2D eigenvalue weighted by Gasteiger charge is -2.17. The van der Waals surface area contributed by atoms with Crippen molar-refractivity contribution in [2.45, 2.75) is 6.92 Å². The molecule has 0 atom stereocenters. The van der Waals surface area contributed by atoms with E-state index in [1.807, 2.05) is 48.5 Å². The number of methoxy groups -OCH3 is 1. The summed E-state index contributed by atoms with van der Waals surface area (Å²) in [6, 6.07) is 24.2. The molecule has 0 fully saturated rings. The highest BCUT2D eigenvalue weighted by Gasteiger charge is 2.22. The molecule has 0 aliphatic heterocycles. The van der Waals surface area contributed by atoms with Crippen LogP contribution in [0.3, 0.4) is 0 Å². The van der Waals surface area contributed by atoms with E-state index in [9.17, 15) is 0 Å². The van der Waals surface area contributed by atoms with Crippen molar-refractivity contribution in [1.29, 1.82) is 0 Å². The Morgan fingerprint density at radius 3 is 2.19 bits per heavy atom. The third-order valence-electron chi connectivity index (χ3n) is 4.52. The Bertz CT molecular complexity index is 1060. The topological polar surface area (TPSA) is 47.9 Å². The molecule has 2 heterocycles. The van der Waals surface area contributed by atoms with Gasteiger partial charge in [0, 0.05) is 17.3 Å². The maximum Gasteiger partial charge on any atom is 0.243 e. The van der Waals surface area contributed by atoms with E-state index in [-0.39, 0.29) is 0 Å². The van der Waals surface area contributed by atoms with Crippen LogP contribution in [0.15, 0.2) is 79.0 Å². The largest absolute Gasteiger partial charge is 0.479 e. The van der Waals surface area contributed by atoms with Crippen molar-refractivity contribution in [2.24, 2.45) is 0 Å². The lowest BCUT2D eigenvalue weighted by atomic mass is 9.92. The van der Waals surface area contributed by atoms with E-state index in [1.165, 1.54) is 0 Å². The minimum Gasteiger partial charge on any atom is -0.479 e. The second-order valence-corrected chi connectivity index (χ2v) is 6.20. The summed E-state index contributed by atoms with van der Waals surface area (Å²) in [6.07, 6.45) is 1.78. The van der Waals surface area contributed by atoms with Gasteiger partial charge in [0.05, 0.1) is 18.4 Å². The van der Waals surface area contributed by atoms with Crippen LogP contribution in [0.2, 0.25) is 0 Å². The standard InChI is InChI=1S/C23H19N3O/c1-16-10-6-7-13-18(16)22-20(17-11-4-3-5-12-17)21(23(27-2)26-25-22)19-14-8-9-15-24-19/h3-15H,1-2H3. The van der Waals surface area contributed by atoms with E-state index < -0.39 is 0 Å². The zero-order valence-corrected chi connectivity index (χ0v) is 15.3. The van der Waals surface area contributed by atoms with Gasteiger partial charge in [-0.05, 0) is 30.2 Å². The number of ether oxygens (including phenoxy) is 1. The molecular weight excluding hydrogens is 334 g/mol. The summed E-state index contributed by atoms with van der Waals surface area (Å²) in [7, 11) is 1.61. The molecule has 0 aliphatic rings. The second kappa shape index (κ2) is 7.38. The van der Waals surface area contributed by atoms with Gasteiger partial charge in [0.15, 0.2) is 0 Å². The van der Waals surface area contributed by atoms with E-state index in [0.29, 0.717) is 5.88 Å². The third kappa shape index (κ3) is 3.17. The number of nitrogens with zero attached hydrogens (tertiary/aromatic N) is 3. The lowest BCUT2D eigenvalue weighted by Crippen LogP contribution is -2.02. The molecule has 4 nitrogen and oxygen atoms in total. The van der Waals surface area contributed by atoms with E-state index in [1.54, 1.807) is 13.3 Å². The number of pyridine rings is 1. The molecule has 4 heteroatoms. The van der Waals surface area contributed by atoms with Gasteiger partial charge >= 0.3 is 0 Å². The maximum atomic E-state index is 5.57. The average molecular weight is 353 g/mol. The summed E-state index contributed by atoms with van der Waals surface area (Å²) in [5, 5.41) is 8.91. The Kier molecular flexibility index (Phi) is 4.62. The average Bonchev–Trinajstić information content (AvgIpc) is 2.74. The smallest absolute Gasteiger partial charge is 0.243 e. The van der Waals surface area contributed by atoms with E-state index >= 15 is 0 Å². The van der Waals surface area contributed by atoms with Crippen molar-refractivity contribution in [2.75, 3.05) is 7.11 Å². The third-order valence-corrected chi connectivity index (χ3v) is 4.52. The molecule has 0 aliphatic carbocycles. The first-order valence-corrected chi connectivity index (χ1v) is 8.77. The fourth-order valence-corrected chi connectivity index (χ4v) is 3.22. The SMILES string of the molecule is COc1nnc(-c2ccccc2C)c(-c2ccccc2)c1-c1ccccn1. The summed E-state index contributed by atoms with van der Waals surface area (Å²) in [4.78, 5) is 4.55. The second-order valence-electron chi connectivity index (χ2n) is 6.20. The van der Waals surface area contributed by atoms with Gasteiger partial charge in [-0.25, -0.2) is 0 Å². The molecule has 2 aromatic carbocycles. The predicted molar refractivity (Wildman–Crippen MR) is 107 cm³/mol. The van der Waals surface area contributed by atoms with Gasteiger partial charge in [-0.1, -0.05) is 60.7 Å². The number of rotatable bonds is 4. The summed E-state index contributed by atoms with van der Waals surface area (Å²) in [5.74, 6) is 0.463. The van der Waals surface area contributed by atoms with E-state index in [4.69, 9.17) is 4.74 Å². The molecule has 2 aromatic heterocycles. The summed E-state index contributed by atoms with van der Waals surface area (Å²) in [5.41, 5.74) is 6.67. The normalized spacial score (nSPS) is 10.6. The van der Waals surface area contributed by atoms with Crippen LogP contribution in [-0.4, -0.2) is 22.3 Å². The van der Waals surface area contributed by atoms with Crippen LogP contribution >= 0.6 is 0 Å². The fraction of sp³-hybridized carbons (Fsp3) is 0.0870. The van der Waals surface area contributed by atoms with Crippen molar-refractivity contribution in [3.05, 3.63) is 84.6 Å². The first-order chi connectivity index (χ1) is 13.3. The van der Waals surface area contributed by atoms with Crippen molar-refractivity contribution in [3.8, 4) is 39.5 Å². The van der Waals surface area contributed by atoms with Crippen molar-refractivity contribution >= 4 is 0 Å². The molecule has 0 saturated heterocycles. The van der Waals surface area contributed by atoms with Crippen LogP contribution in [0.25, 0.3) is 33.6 Å².